The minimum absolute atomic E-state index is 0.0230. The van der Waals surface area contributed by atoms with Gasteiger partial charge in [-0.1, -0.05) is 0 Å². The van der Waals surface area contributed by atoms with Crippen LogP contribution < -0.4 is 9.47 Å². The summed E-state index contributed by atoms with van der Waals surface area (Å²) in [6, 6.07) is 2.59. The summed E-state index contributed by atoms with van der Waals surface area (Å²) < 4.78 is 11.0. The summed E-state index contributed by atoms with van der Waals surface area (Å²) in [5.74, 6) is -0.483. The zero-order valence-electron chi connectivity index (χ0n) is 12.4. The van der Waals surface area contributed by atoms with E-state index >= 15 is 0 Å². The number of halogens is 1. The van der Waals surface area contributed by atoms with Crippen molar-refractivity contribution >= 4 is 23.1 Å². The summed E-state index contributed by atoms with van der Waals surface area (Å²) in [4.78, 5) is 22.3. The van der Waals surface area contributed by atoms with Gasteiger partial charge in [0.25, 0.3) is 0 Å². The Bertz CT molecular complexity index is 542. The maximum Gasteiger partial charge on any atom is 0.315 e. The molecule has 0 amide bonds. The minimum Gasteiger partial charge on any atom is -0.487 e. The monoisotopic (exact) mass is 315 g/mol. The molecule has 0 aliphatic carbocycles. The maximum absolute atomic E-state index is 11.7. The van der Waals surface area contributed by atoms with Gasteiger partial charge in [0.15, 0.2) is 11.5 Å². The topological polar surface area (TPSA) is 78.7 Å². The summed E-state index contributed by atoms with van der Waals surface area (Å²) in [5.41, 5.74) is -0.182. The molecule has 116 valence electrons. The van der Waals surface area contributed by atoms with Gasteiger partial charge in [-0.3, -0.25) is 14.9 Å². The largest absolute Gasteiger partial charge is 0.487 e. The number of carbonyl (C=O) groups excluding carboxylic acids is 1. The Morgan fingerprint density at radius 2 is 1.81 bits per heavy atom. The van der Waals surface area contributed by atoms with E-state index in [1.807, 2.05) is 0 Å². The zero-order chi connectivity index (χ0) is 16.2. The quantitative estimate of drug-likeness (QED) is 0.332. The van der Waals surface area contributed by atoms with Gasteiger partial charge in [-0.2, -0.15) is 0 Å². The Balaban J connectivity index is 3.48. The molecule has 1 aromatic rings. The fraction of sp³-hybridized carbons (Fsp3) is 0.500. The minimum atomic E-state index is -0.601. The first kappa shape index (κ1) is 17.2. The van der Waals surface area contributed by atoms with Crippen LogP contribution in [0.3, 0.4) is 0 Å². The van der Waals surface area contributed by atoms with Crippen LogP contribution in [0.1, 0.15) is 38.1 Å². The van der Waals surface area contributed by atoms with E-state index in [1.54, 1.807) is 27.7 Å². The van der Waals surface area contributed by atoms with Crippen LogP contribution in [0.5, 0.6) is 11.5 Å². The Labute approximate surface area is 128 Å². The number of ketones is 1. The Morgan fingerprint density at radius 1 is 1.24 bits per heavy atom. The van der Waals surface area contributed by atoms with E-state index in [9.17, 15) is 14.9 Å². The second-order valence-electron chi connectivity index (χ2n) is 4.97. The van der Waals surface area contributed by atoms with Crippen LogP contribution in [0.25, 0.3) is 0 Å². The van der Waals surface area contributed by atoms with Gasteiger partial charge in [-0.15, -0.1) is 11.6 Å². The number of hydrogen-bond donors (Lipinski definition) is 0. The second-order valence-corrected chi connectivity index (χ2v) is 5.24. The third kappa shape index (κ3) is 4.60. The summed E-state index contributed by atoms with van der Waals surface area (Å²) in [6.45, 7) is 7.06. The molecule has 0 aromatic heterocycles. The van der Waals surface area contributed by atoms with Gasteiger partial charge in [0, 0.05) is 11.6 Å². The van der Waals surface area contributed by atoms with E-state index in [0.29, 0.717) is 0 Å². The van der Waals surface area contributed by atoms with Crippen LogP contribution in [0.2, 0.25) is 0 Å². The van der Waals surface area contributed by atoms with Crippen LogP contribution >= 0.6 is 11.6 Å². The Kier molecular flexibility index (Phi) is 5.96. The molecular weight excluding hydrogens is 298 g/mol. The molecule has 6 nitrogen and oxygen atoms in total. The van der Waals surface area contributed by atoms with Crippen molar-refractivity contribution in [2.24, 2.45) is 0 Å². The molecule has 0 bridgehead atoms. The first-order valence-corrected chi connectivity index (χ1v) is 7.04. The molecule has 0 saturated carbocycles. The maximum atomic E-state index is 11.7. The smallest absolute Gasteiger partial charge is 0.315 e. The fourth-order valence-corrected chi connectivity index (χ4v) is 1.81. The Hall–Kier alpha value is -1.82. The number of rotatable bonds is 7. The normalized spacial score (nSPS) is 10.8. The van der Waals surface area contributed by atoms with Crippen LogP contribution in [-0.2, 0) is 0 Å². The Morgan fingerprint density at radius 3 is 2.24 bits per heavy atom. The molecular formula is C14H18ClNO5. The second kappa shape index (κ2) is 7.26. The summed E-state index contributed by atoms with van der Waals surface area (Å²) >= 11 is 5.51. The van der Waals surface area contributed by atoms with E-state index in [2.05, 4.69) is 0 Å². The highest BCUT2D eigenvalue weighted by Gasteiger charge is 2.25. The van der Waals surface area contributed by atoms with Crippen molar-refractivity contribution in [2.45, 2.75) is 39.9 Å². The van der Waals surface area contributed by atoms with E-state index in [-0.39, 0.29) is 40.8 Å². The summed E-state index contributed by atoms with van der Waals surface area (Å²) in [7, 11) is 0. The fourth-order valence-electron chi connectivity index (χ4n) is 1.66. The lowest BCUT2D eigenvalue weighted by atomic mass is 10.1. The first-order chi connectivity index (χ1) is 9.76. The standard InChI is InChI=1S/C14H18ClNO5/c1-8(2)20-13-6-10(12(17)7-15)5-11(16(18)19)14(13)21-9(3)4/h5-6,8-9H,7H2,1-4H3. The van der Waals surface area contributed by atoms with E-state index in [1.165, 1.54) is 6.07 Å². The third-order valence-corrected chi connectivity index (χ3v) is 2.63. The number of nitro groups is 1. The van der Waals surface area contributed by atoms with E-state index < -0.39 is 10.7 Å². The first-order valence-electron chi connectivity index (χ1n) is 6.51. The molecule has 0 spiro atoms. The van der Waals surface area contributed by atoms with Gasteiger partial charge in [0.2, 0.25) is 5.75 Å². The molecule has 0 atom stereocenters. The molecule has 0 aliphatic rings. The van der Waals surface area contributed by atoms with Crippen molar-refractivity contribution in [3.05, 3.63) is 27.8 Å². The number of benzene rings is 1. The van der Waals surface area contributed by atoms with Crippen LogP contribution in [-0.4, -0.2) is 28.8 Å². The lowest BCUT2D eigenvalue weighted by Crippen LogP contribution is -2.13. The highest BCUT2D eigenvalue weighted by Crippen LogP contribution is 2.39. The predicted octanol–water partition coefficient (Wildman–Crippen LogP) is 3.59. The number of nitrogens with zero attached hydrogens (tertiary/aromatic N) is 1. The highest BCUT2D eigenvalue weighted by molar-refractivity contribution is 6.30. The van der Waals surface area contributed by atoms with Crippen LogP contribution in [0, 0.1) is 10.1 Å². The van der Waals surface area contributed by atoms with Gasteiger partial charge in [0.05, 0.1) is 23.0 Å². The molecule has 0 N–H and O–H groups in total. The molecule has 1 aromatic carbocycles. The van der Waals surface area contributed by atoms with Crippen molar-refractivity contribution in [1.82, 2.24) is 0 Å². The SMILES string of the molecule is CC(C)Oc1cc(C(=O)CCl)cc([N+](=O)[O-])c1OC(C)C. The van der Waals surface area contributed by atoms with Crippen LogP contribution in [0.15, 0.2) is 12.1 Å². The number of hydrogen-bond acceptors (Lipinski definition) is 5. The molecule has 21 heavy (non-hydrogen) atoms. The average Bonchev–Trinajstić information content (AvgIpc) is 2.38. The van der Waals surface area contributed by atoms with Gasteiger partial charge in [0.1, 0.15) is 0 Å². The lowest BCUT2D eigenvalue weighted by molar-refractivity contribution is -0.386. The van der Waals surface area contributed by atoms with E-state index in [4.69, 9.17) is 21.1 Å². The van der Waals surface area contributed by atoms with Crippen molar-refractivity contribution < 1.29 is 19.2 Å². The molecule has 0 fully saturated rings. The van der Waals surface area contributed by atoms with Crippen molar-refractivity contribution in [1.29, 1.82) is 0 Å². The third-order valence-electron chi connectivity index (χ3n) is 2.39. The number of Topliss-reactive ketones (excluding diaryl/α,β-unsaturated/α-hetero) is 1. The van der Waals surface area contributed by atoms with E-state index in [0.717, 1.165) is 6.07 Å². The zero-order valence-corrected chi connectivity index (χ0v) is 13.1. The van der Waals surface area contributed by atoms with Gasteiger partial charge in [-0.05, 0) is 33.8 Å². The molecule has 1 rings (SSSR count). The molecule has 0 unspecified atom stereocenters. The van der Waals surface area contributed by atoms with Gasteiger partial charge in [-0.25, -0.2) is 0 Å². The summed E-state index contributed by atoms with van der Waals surface area (Å²) in [6.07, 6.45) is -0.492. The summed E-state index contributed by atoms with van der Waals surface area (Å²) in [5, 5.41) is 11.2. The number of alkyl halides is 1. The average molecular weight is 316 g/mol. The molecule has 0 saturated heterocycles. The number of ether oxygens (including phenoxy) is 2. The number of nitro benzene ring substituents is 1. The lowest BCUT2D eigenvalue weighted by Gasteiger charge is -2.17. The van der Waals surface area contributed by atoms with Crippen LogP contribution in [0.4, 0.5) is 5.69 Å². The van der Waals surface area contributed by atoms with Gasteiger partial charge >= 0.3 is 5.69 Å². The molecule has 7 heteroatoms. The molecule has 0 aliphatic heterocycles. The number of carbonyl (C=O) groups is 1. The molecule has 0 heterocycles. The highest BCUT2D eigenvalue weighted by atomic mass is 35.5. The van der Waals surface area contributed by atoms with Crippen molar-refractivity contribution in [2.75, 3.05) is 5.88 Å². The molecule has 0 radical (unpaired) electrons. The van der Waals surface area contributed by atoms with Crippen molar-refractivity contribution in [3.63, 3.8) is 0 Å². The van der Waals surface area contributed by atoms with Crippen molar-refractivity contribution in [3.8, 4) is 11.5 Å². The predicted molar refractivity (Wildman–Crippen MR) is 79.7 cm³/mol. The van der Waals surface area contributed by atoms with Gasteiger partial charge < -0.3 is 9.47 Å².